The predicted molar refractivity (Wildman–Crippen MR) is 84.1 cm³/mol. The Morgan fingerprint density at radius 3 is 2.71 bits per heavy atom. The van der Waals surface area contributed by atoms with Gasteiger partial charge in [0.15, 0.2) is 5.82 Å². The zero-order valence-corrected chi connectivity index (χ0v) is 12.1. The first-order chi connectivity index (χ1) is 10.1. The van der Waals surface area contributed by atoms with Gasteiger partial charge in [0.2, 0.25) is 0 Å². The Hall–Kier alpha value is -2.50. The number of nitrogens with one attached hydrogen (secondary N) is 1. The van der Waals surface area contributed by atoms with Crippen molar-refractivity contribution < 1.29 is 4.74 Å². The Bertz CT molecular complexity index is 667. The van der Waals surface area contributed by atoms with Crippen LogP contribution in [-0.4, -0.2) is 16.6 Å². The fourth-order valence-corrected chi connectivity index (χ4v) is 1.95. The number of aromatic nitrogens is 2. The van der Waals surface area contributed by atoms with Crippen molar-refractivity contribution in [3.8, 4) is 17.1 Å². The van der Waals surface area contributed by atoms with E-state index in [2.05, 4.69) is 16.9 Å². The van der Waals surface area contributed by atoms with E-state index in [9.17, 15) is 4.79 Å². The average molecular weight is 288 g/mol. The number of nitrogens with two attached hydrogens (primary N) is 2. The van der Waals surface area contributed by atoms with Crippen LogP contribution in [0.4, 0.5) is 11.5 Å². The maximum atomic E-state index is 11.7. The first-order valence-corrected chi connectivity index (χ1v) is 7.01. The molecule has 0 saturated heterocycles. The Balaban J connectivity index is 2.29. The van der Waals surface area contributed by atoms with E-state index in [1.807, 2.05) is 24.3 Å². The van der Waals surface area contributed by atoms with E-state index >= 15 is 0 Å². The van der Waals surface area contributed by atoms with Gasteiger partial charge in [-0.2, -0.15) is 0 Å². The van der Waals surface area contributed by atoms with Crippen LogP contribution >= 0.6 is 0 Å². The zero-order chi connectivity index (χ0) is 15.2. The minimum atomic E-state index is -0.446. The van der Waals surface area contributed by atoms with Crippen LogP contribution < -0.4 is 21.8 Å². The molecule has 0 bridgehead atoms. The number of unbranched alkanes of at least 4 members (excludes halogenated alkanes) is 2. The van der Waals surface area contributed by atoms with E-state index in [1.54, 1.807) is 0 Å². The number of aromatic amines is 1. The van der Waals surface area contributed by atoms with Crippen LogP contribution in [0.2, 0.25) is 0 Å². The standard InChI is InChI=1S/C15H20N4O2/c1-2-3-6-9-21-11-8-5-4-7-10(11)14-18-13(17)12(16)15(20)19-14/h4-5,7-8H,2-3,6,9,16H2,1H3,(H3,17,18,19,20). The molecule has 0 amide bonds. The summed E-state index contributed by atoms with van der Waals surface area (Å²) in [5.74, 6) is 1.05. The topological polar surface area (TPSA) is 107 Å². The lowest BCUT2D eigenvalue weighted by Gasteiger charge is -2.11. The van der Waals surface area contributed by atoms with Crippen molar-refractivity contribution in [2.75, 3.05) is 18.1 Å². The smallest absolute Gasteiger partial charge is 0.276 e. The molecule has 112 valence electrons. The van der Waals surface area contributed by atoms with Crippen LogP contribution in [0.3, 0.4) is 0 Å². The van der Waals surface area contributed by atoms with E-state index in [-0.39, 0.29) is 11.5 Å². The molecule has 0 aliphatic rings. The Morgan fingerprint density at radius 1 is 1.24 bits per heavy atom. The molecular formula is C15H20N4O2. The summed E-state index contributed by atoms with van der Waals surface area (Å²) < 4.78 is 5.77. The van der Waals surface area contributed by atoms with Crippen molar-refractivity contribution >= 4 is 11.5 Å². The summed E-state index contributed by atoms with van der Waals surface area (Å²) in [6, 6.07) is 7.38. The number of para-hydroxylation sites is 1. The van der Waals surface area contributed by atoms with Gasteiger partial charge in [-0.25, -0.2) is 4.98 Å². The third-order valence-electron chi connectivity index (χ3n) is 3.13. The summed E-state index contributed by atoms with van der Waals surface area (Å²) in [7, 11) is 0. The molecule has 0 aliphatic heterocycles. The highest BCUT2D eigenvalue weighted by molar-refractivity contribution is 5.68. The summed E-state index contributed by atoms with van der Waals surface area (Å²) >= 11 is 0. The van der Waals surface area contributed by atoms with Gasteiger partial charge in [0, 0.05) is 0 Å². The SMILES string of the molecule is CCCCCOc1ccccc1-c1nc(N)c(N)c(=O)[nH]1. The second-order valence-corrected chi connectivity index (χ2v) is 4.77. The molecule has 0 unspecified atom stereocenters. The predicted octanol–water partition coefficient (Wildman–Crippen LogP) is 2.17. The van der Waals surface area contributed by atoms with Gasteiger partial charge in [-0.05, 0) is 18.6 Å². The maximum Gasteiger partial charge on any atom is 0.276 e. The first-order valence-electron chi connectivity index (χ1n) is 7.01. The quantitative estimate of drug-likeness (QED) is 0.706. The molecule has 21 heavy (non-hydrogen) atoms. The van der Waals surface area contributed by atoms with Crippen LogP contribution in [0, 0.1) is 0 Å². The van der Waals surface area contributed by atoms with Gasteiger partial charge >= 0.3 is 0 Å². The highest BCUT2D eigenvalue weighted by Crippen LogP contribution is 2.27. The van der Waals surface area contributed by atoms with Gasteiger partial charge in [0.05, 0.1) is 12.2 Å². The number of benzene rings is 1. The maximum absolute atomic E-state index is 11.7. The number of nitrogens with zero attached hydrogens (tertiary/aromatic N) is 1. The molecule has 0 spiro atoms. The number of anilines is 2. The number of hydrogen-bond acceptors (Lipinski definition) is 5. The number of H-pyrrole nitrogens is 1. The molecule has 0 saturated carbocycles. The molecule has 1 aromatic carbocycles. The average Bonchev–Trinajstić information content (AvgIpc) is 2.49. The molecule has 6 heteroatoms. The normalized spacial score (nSPS) is 10.5. The molecule has 5 N–H and O–H groups in total. The van der Waals surface area contributed by atoms with Crippen molar-refractivity contribution in [1.29, 1.82) is 0 Å². The van der Waals surface area contributed by atoms with Crippen molar-refractivity contribution in [3.63, 3.8) is 0 Å². The van der Waals surface area contributed by atoms with Gasteiger partial charge in [-0.15, -0.1) is 0 Å². The van der Waals surface area contributed by atoms with Crippen molar-refractivity contribution in [2.24, 2.45) is 0 Å². The number of hydrogen-bond donors (Lipinski definition) is 3. The number of nitrogen functional groups attached to an aromatic ring is 2. The lowest BCUT2D eigenvalue weighted by Crippen LogP contribution is -2.17. The third kappa shape index (κ3) is 3.53. The van der Waals surface area contributed by atoms with Gasteiger partial charge in [0.1, 0.15) is 17.3 Å². The largest absolute Gasteiger partial charge is 0.493 e. The van der Waals surface area contributed by atoms with Gasteiger partial charge in [0.25, 0.3) is 5.56 Å². The molecule has 0 fully saturated rings. The van der Waals surface area contributed by atoms with Crippen LogP contribution in [0.5, 0.6) is 5.75 Å². The summed E-state index contributed by atoms with van der Waals surface area (Å²) in [6.45, 7) is 2.76. The molecule has 2 aromatic rings. The molecule has 0 atom stereocenters. The molecule has 6 nitrogen and oxygen atoms in total. The van der Waals surface area contributed by atoms with Crippen molar-refractivity contribution in [2.45, 2.75) is 26.2 Å². The second kappa shape index (κ2) is 6.78. The van der Waals surface area contributed by atoms with Crippen molar-refractivity contribution in [3.05, 3.63) is 34.6 Å². The summed E-state index contributed by atoms with van der Waals surface area (Å²) in [4.78, 5) is 18.5. The molecule has 2 rings (SSSR count). The van der Waals surface area contributed by atoms with Gasteiger partial charge in [-0.3, -0.25) is 4.79 Å². The van der Waals surface area contributed by atoms with E-state index < -0.39 is 5.56 Å². The highest BCUT2D eigenvalue weighted by atomic mass is 16.5. The monoisotopic (exact) mass is 288 g/mol. The minimum Gasteiger partial charge on any atom is -0.493 e. The molecule has 1 aromatic heterocycles. The molecule has 0 radical (unpaired) electrons. The highest BCUT2D eigenvalue weighted by Gasteiger charge is 2.11. The minimum absolute atomic E-state index is 0.0227. The first kappa shape index (κ1) is 14.9. The Morgan fingerprint density at radius 2 is 2.00 bits per heavy atom. The van der Waals surface area contributed by atoms with E-state index in [4.69, 9.17) is 16.2 Å². The molecular weight excluding hydrogens is 268 g/mol. The molecule has 0 aliphatic carbocycles. The van der Waals surface area contributed by atoms with Gasteiger partial charge < -0.3 is 21.2 Å². The van der Waals surface area contributed by atoms with E-state index in [1.165, 1.54) is 0 Å². The summed E-state index contributed by atoms with van der Waals surface area (Å²) in [5.41, 5.74) is 11.3. The molecule has 1 heterocycles. The van der Waals surface area contributed by atoms with Crippen LogP contribution in [-0.2, 0) is 0 Å². The van der Waals surface area contributed by atoms with Crippen LogP contribution in [0.25, 0.3) is 11.4 Å². The summed E-state index contributed by atoms with van der Waals surface area (Å²) in [5, 5.41) is 0. The number of ether oxygens (including phenoxy) is 1. The van der Waals surface area contributed by atoms with Gasteiger partial charge in [-0.1, -0.05) is 31.9 Å². The fraction of sp³-hybridized carbons (Fsp3) is 0.333. The Kier molecular flexibility index (Phi) is 4.81. The number of rotatable bonds is 6. The lowest BCUT2D eigenvalue weighted by molar-refractivity contribution is 0.307. The van der Waals surface area contributed by atoms with E-state index in [0.29, 0.717) is 23.7 Å². The van der Waals surface area contributed by atoms with Crippen LogP contribution in [0.1, 0.15) is 26.2 Å². The van der Waals surface area contributed by atoms with E-state index in [0.717, 1.165) is 19.3 Å². The van der Waals surface area contributed by atoms with Crippen LogP contribution in [0.15, 0.2) is 29.1 Å². The summed E-state index contributed by atoms with van der Waals surface area (Å²) in [6.07, 6.45) is 3.24. The third-order valence-corrected chi connectivity index (χ3v) is 3.13. The Labute approximate surface area is 123 Å². The fourth-order valence-electron chi connectivity index (χ4n) is 1.95. The zero-order valence-electron chi connectivity index (χ0n) is 12.1. The van der Waals surface area contributed by atoms with Crippen molar-refractivity contribution in [1.82, 2.24) is 9.97 Å². The second-order valence-electron chi connectivity index (χ2n) is 4.77. The lowest BCUT2D eigenvalue weighted by atomic mass is 10.2.